The lowest BCUT2D eigenvalue weighted by molar-refractivity contribution is -0.0279. The van der Waals surface area contributed by atoms with E-state index < -0.39 is 9.84 Å². The van der Waals surface area contributed by atoms with Gasteiger partial charge >= 0.3 is 0 Å². The van der Waals surface area contributed by atoms with Gasteiger partial charge in [-0.15, -0.1) is 0 Å². The second-order valence-corrected chi connectivity index (χ2v) is 7.54. The molecule has 0 aromatic carbocycles. The van der Waals surface area contributed by atoms with Crippen LogP contribution < -0.4 is 5.73 Å². The summed E-state index contributed by atoms with van der Waals surface area (Å²) < 4.78 is 28.9. The third-order valence-corrected chi connectivity index (χ3v) is 5.32. The smallest absolute Gasteiger partial charge is 0.152 e. The van der Waals surface area contributed by atoms with Crippen molar-refractivity contribution in [2.45, 2.75) is 45.1 Å². The molecule has 0 saturated heterocycles. The fraction of sp³-hybridized carbons (Fsp3) is 1.00. The van der Waals surface area contributed by atoms with Crippen LogP contribution in [-0.2, 0) is 14.6 Å². The number of ether oxygens (including phenoxy) is 1. The van der Waals surface area contributed by atoms with Crippen molar-refractivity contribution in [3.63, 3.8) is 0 Å². The Morgan fingerprint density at radius 2 is 2.12 bits per heavy atom. The number of hydrogen-bond acceptors (Lipinski definition) is 4. The lowest BCUT2D eigenvalue weighted by Crippen LogP contribution is -2.39. The molecule has 1 aliphatic rings. The van der Waals surface area contributed by atoms with Gasteiger partial charge in [-0.25, -0.2) is 8.42 Å². The van der Waals surface area contributed by atoms with Crippen molar-refractivity contribution in [2.24, 2.45) is 11.7 Å². The third-order valence-electron chi connectivity index (χ3n) is 3.50. The summed E-state index contributed by atoms with van der Waals surface area (Å²) >= 11 is 0. The Bertz CT molecular complexity index is 329. The minimum absolute atomic E-state index is 0.122. The first kappa shape index (κ1) is 14.9. The van der Waals surface area contributed by atoms with E-state index >= 15 is 0 Å². The molecule has 4 nitrogen and oxygen atoms in total. The highest BCUT2D eigenvalue weighted by atomic mass is 32.2. The van der Waals surface area contributed by atoms with Crippen LogP contribution in [0.2, 0.25) is 0 Å². The van der Waals surface area contributed by atoms with Gasteiger partial charge in [0, 0.05) is 12.3 Å². The van der Waals surface area contributed by atoms with Crippen LogP contribution in [0.25, 0.3) is 0 Å². The largest absolute Gasteiger partial charge is 0.373 e. The van der Waals surface area contributed by atoms with Gasteiger partial charge < -0.3 is 10.5 Å². The number of sulfone groups is 1. The summed E-state index contributed by atoms with van der Waals surface area (Å²) in [6.45, 7) is 4.84. The van der Waals surface area contributed by atoms with Gasteiger partial charge in [-0.2, -0.15) is 0 Å². The topological polar surface area (TPSA) is 69.4 Å². The summed E-state index contributed by atoms with van der Waals surface area (Å²) in [6.07, 6.45) is 3.70. The van der Waals surface area contributed by atoms with E-state index in [0.29, 0.717) is 18.9 Å². The second-order valence-electron chi connectivity index (χ2n) is 5.24. The van der Waals surface area contributed by atoms with Gasteiger partial charge in [0.05, 0.1) is 18.0 Å². The van der Waals surface area contributed by atoms with Crippen LogP contribution >= 0.6 is 0 Å². The first-order valence-electron chi connectivity index (χ1n) is 6.47. The Hall–Kier alpha value is -0.130. The van der Waals surface area contributed by atoms with Gasteiger partial charge in [0.15, 0.2) is 9.84 Å². The van der Waals surface area contributed by atoms with Gasteiger partial charge in [0.25, 0.3) is 0 Å². The number of nitrogens with two attached hydrogens (primary N) is 1. The SMILES string of the molecule is CCCS(=O)(=O)CCOC1(CN)CCC(C)C1. The summed E-state index contributed by atoms with van der Waals surface area (Å²) in [5.74, 6) is 1.00. The zero-order valence-electron chi connectivity index (χ0n) is 10.9. The average molecular weight is 263 g/mol. The Morgan fingerprint density at radius 1 is 1.41 bits per heavy atom. The quantitative estimate of drug-likeness (QED) is 0.752. The van der Waals surface area contributed by atoms with Gasteiger partial charge in [0.2, 0.25) is 0 Å². The Morgan fingerprint density at radius 3 is 2.59 bits per heavy atom. The molecule has 1 rings (SSSR count). The minimum atomic E-state index is -2.94. The zero-order chi connectivity index (χ0) is 12.9. The molecule has 0 amide bonds. The van der Waals surface area contributed by atoms with Gasteiger partial charge in [-0.05, 0) is 31.6 Å². The Balaban J connectivity index is 2.39. The zero-order valence-corrected chi connectivity index (χ0v) is 11.8. The lowest BCUT2D eigenvalue weighted by Gasteiger charge is -2.28. The molecule has 102 valence electrons. The predicted molar refractivity (Wildman–Crippen MR) is 69.7 cm³/mol. The highest BCUT2D eigenvalue weighted by Gasteiger charge is 2.37. The minimum Gasteiger partial charge on any atom is -0.373 e. The van der Waals surface area contributed by atoms with Crippen LogP contribution in [0.15, 0.2) is 0 Å². The number of hydrogen-bond donors (Lipinski definition) is 1. The molecule has 2 N–H and O–H groups in total. The molecule has 2 unspecified atom stereocenters. The molecule has 0 bridgehead atoms. The Kier molecular flexibility index (Phi) is 5.41. The monoisotopic (exact) mass is 263 g/mol. The first-order valence-corrected chi connectivity index (χ1v) is 8.29. The van der Waals surface area contributed by atoms with Crippen LogP contribution in [0.4, 0.5) is 0 Å². The molecule has 0 spiro atoms. The molecular formula is C12H25NO3S. The van der Waals surface area contributed by atoms with E-state index in [1.807, 2.05) is 6.92 Å². The van der Waals surface area contributed by atoms with E-state index in [4.69, 9.17) is 10.5 Å². The van der Waals surface area contributed by atoms with Crippen LogP contribution in [0.5, 0.6) is 0 Å². The maximum absolute atomic E-state index is 11.6. The lowest BCUT2D eigenvalue weighted by atomic mass is 10.0. The van der Waals surface area contributed by atoms with Gasteiger partial charge in [-0.1, -0.05) is 13.8 Å². The molecule has 0 radical (unpaired) electrons. The highest BCUT2D eigenvalue weighted by molar-refractivity contribution is 7.91. The van der Waals surface area contributed by atoms with Crippen LogP contribution in [0.1, 0.15) is 39.5 Å². The fourth-order valence-corrected chi connectivity index (χ4v) is 3.69. The van der Waals surface area contributed by atoms with Crippen molar-refractivity contribution in [2.75, 3.05) is 24.7 Å². The van der Waals surface area contributed by atoms with Crippen molar-refractivity contribution in [3.8, 4) is 0 Å². The summed E-state index contributed by atoms with van der Waals surface area (Å²) in [7, 11) is -2.94. The Labute approximate surface area is 105 Å². The normalized spacial score (nSPS) is 29.7. The van der Waals surface area contributed by atoms with E-state index in [2.05, 4.69) is 6.92 Å². The fourth-order valence-electron chi connectivity index (χ4n) is 2.52. The number of rotatable bonds is 7. The molecular weight excluding hydrogens is 238 g/mol. The van der Waals surface area contributed by atoms with Crippen molar-refractivity contribution < 1.29 is 13.2 Å². The van der Waals surface area contributed by atoms with Crippen LogP contribution in [0, 0.1) is 5.92 Å². The molecule has 1 aliphatic carbocycles. The summed E-state index contributed by atoms with van der Waals surface area (Å²) in [4.78, 5) is 0. The molecule has 1 saturated carbocycles. The molecule has 0 aromatic rings. The molecule has 0 aromatic heterocycles. The molecule has 0 heterocycles. The van der Waals surface area contributed by atoms with Crippen molar-refractivity contribution in [1.29, 1.82) is 0 Å². The van der Waals surface area contributed by atoms with E-state index in [0.717, 1.165) is 19.3 Å². The molecule has 0 aliphatic heterocycles. The summed E-state index contributed by atoms with van der Waals surface area (Å²) in [5, 5.41) is 0. The molecule has 17 heavy (non-hydrogen) atoms. The standard InChI is InChI=1S/C12H25NO3S/c1-3-7-17(14,15)8-6-16-12(10-13)5-4-11(2)9-12/h11H,3-10,13H2,1-2H3. The molecule has 1 fully saturated rings. The average Bonchev–Trinajstić information content (AvgIpc) is 2.60. The van der Waals surface area contributed by atoms with Crippen molar-refractivity contribution in [3.05, 3.63) is 0 Å². The molecule has 2 atom stereocenters. The van der Waals surface area contributed by atoms with E-state index in [9.17, 15) is 8.42 Å². The summed E-state index contributed by atoms with van der Waals surface area (Å²) in [5.41, 5.74) is 5.50. The van der Waals surface area contributed by atoms with Crippen LogP contribution in [-0.4, -0.2) is 38.7 Å². The second kappa shape index (κ2) is 6.16. The molecule has 5 heteroatoms. The van der Waals surface area contributed by atoms with Gasteiger partial charge in [-0.3, -0.25) is 0 Å². The van der Waals surface area contributed by atoms with E-state index in [1.165, 1.54) is 0 Å². The maximum atomic E-state index is 11.6. The van der Waals surface area contributed by atoms with E-state index in [1.54, 1.807) is 0 Å². The maximum Gasteiger partial charge on any atom is 0.152 e. The van der Waals surface area contributed by atoms with Crippen molar-refractivity contribution in [1.82, 2.24) is 0 Å². The van der Waals surface area contributed by atoms with E-state index in [-0.39, 0.29) is 23.7 Å². The van der Waals surface area contributed by atoms with Gasteiger partial charge in [0.1, 0.15) is 0 Å². The first-order chi connectivity index (χ1) is 7.93. The van der Waals surface area contributed by atoms with Crippen LogP contribution in [0.3, 0.4) is 0 Å². The van der Waals surface area contributed by atoms with Crippen molar-refractivity contribution >= 4 is 9.84 Å². The third kappa shape index (κ3) is 4.56. The highest BCUT2D eigenvalue weighted by Crippen LogP contribution is 2.36. The summed E-state index contributed by atoms with van der Waals surface area (Å²) in [6, 6.07) is 0. The predicted octanol–water partition coefficient (Wildman–Crippen LogP) is 1.35.